The smallest absolute Gasteiger partial charge is 1.00 e. The van der Waals surface area contributed by atoms with Crippen molar-refractivity contribution in [3.05, 3.63) is 0 Å². The minimum absolute atomic E-state index is 0. The van der Waals surface area contributed by atoms with Crippen LogP contribution in [0.15, 0.2) is 0 Å². The molecule has 0 amide bonds. The first-order valence-electron chi connectivity index (χ1n) is 3.68. The second-order valence-electron chi connectivity index (χ2n) is 2.91. The van der Waals surface area contributed by atoms with Crippen LogP contribution in [-0.2, 0) is 24.6 Å². The van der Waals surface area contributed by atoms with Gasteiger partial charge in [0.25, 0.3) is 0 Å². The maximum absolute atomic E-state index is 9.49. The van der Waals surface area contributed by atoms with Crippen LogP contribution in [0, 0.1) is 0 Å². The van der Waals surface area contributed by atoms with Crippen LogP contribution in [0.1, 0.15) is 0 Å². The SMILES string of the molecule is N[C@@H]1[C@@H](O)[C@H](O)[C@@H](CO)O[C@]1(O)[Pt+4].[Cl-].[Cl-].[Cl-].[Cl-]. The molecule has 0 aromatic heterocycles. The number of aliphatic hydroxyl groups is 4. The molecule has 1 aliphatic heterocycles. The maximum Gasteiger partial charge on any atom is -1.00 e. The van der Waals surface area contributed by atoms with Gasteiger partial charge in [0.15, 0.2) is 0 Å². The van der Waals surface area contributed by atoms with Crippen molar-refractivity contribution in [3.63, 3.8) is 0 Å². The molecule has 17 heavy (non-hydrogen) atoms. The van der Waals surface area contributed by atoms with Crippen LogP contribution < -0.4 is 55.4 Å². The molecule has 0 saturated carbocycles. The summed E-state index contributed by atoms with van der Waals surface area (Å²) in [4.78, 5) is 0. The van der Waals surface area contributed by atoms with E-state index in [1.165, 1.54) is 19.8 Å². The van der Waals surface area contributed by atoms with E-state index in [2.05, 4.69) is 0 Å². The molecule has 1 heterocycles. The number of hydrogen-bond acceptors (Lipinski definition) is 6. The maximum atomic E-state index is 9.49. The summed E-state index contributed by atoms with van der Waals surface area (Å²) in [5.41, 5.74) is 5.39. The number of aliphatic hydroxyl groups excluding tert-OH is 3. The van der Waals surface area contributed by atoms with Crippen LogP contribution in [0.5, 0.6) is 0 Å². The molecule has 6 N–H and O–H groups in total. The van der Waals surface area contributed by atoms with Gasteiger partial charge in [-0.15, -0.1) is 0 Å². The van der Waals surface area contributed by atoms with Crippen molar-refractivity contribution in [1.82, 2.24) is 0 Å². The Morgan fingerprint density at radius 1 is 1.12 bits per heavy atom. The molecule has 0 aromatic rings. The summed E-state index contributed by atoms with van der Waals surface area (Å²) in [5, 5.41) is 36.9. The largest absolute Gasteiger partial charge is 1.00 e. The Hall–Kier alpha value is 1.61. The fraction of sp³-hybridized carbons (Fsp3) is 1.00. The summed E-state index contributed by atoms with van der Waals surface area (Å²) in [6.45, 7) is -0.489. The van der Waals surface area contributed by atoms with Gasteiger partial charge in [-0.3, -0.25) is 0 Å². The van der Waals surface area contributed by atoms with Gasteiger partial charge in [0, 0.05) is 0 Å². The molecule has 1 fully saturated rings. The van der Waals surface area contributed by atoms with E-state index >= 15 is 0 Å². The predicted molar refractivity (Wildman–Crippen MR) is 36.9 cm³/mol. The topological polar surface area (TPSA) is 116 Å². The molecule has 11 heteroatoms. The molecule has 0 radical (unpaired) electrons. The van der Waals surface area contributed by atoms with Crippen molar-refractivity contribution in [3.8, 4) is 0 Å². The zero-order valence-corrected chi connectivity index (χ0v) is 13.4. The molecule has 1 rings (SSSR count). The van der Waals surface area contributed by atoms with E-state index in [-0.39, 0.29) is 49.6 Å². The summed E-state index contributed by atoms with van der Waals surface area (Å²) >= 11 is 1.49. The predicted octanol–water partition coefficient (Wildman–Crippen LogP) is -15.4. The van der Waals surface area contributed by atoms with Gasteiger partial charge in [0.2, 0.25) is 0 Å². The first kappa shape index (κ1) is 27.0. The van der Waals surface area contributed by atoms with E-state index in [9.17, 15) is 15.3 Å². The van der Waals surface area contributed by atoms with Gasteiger partial charge >= 0.3 is 85.8 Å². The van der Waals surface area contributed by atoms with Gasteiger partial charge < -0.3 is 49.6 Å². The first-order valence-corrected chi connectivity index (χ1v) is 4.82. The first-order chi connectivity index (χ1) is 5.90. The van der Waals surface area contributed by atoms with Gasteiger partial charge in [0.05, 0.1) is 0 Å². The van der Waals surface area contributed by atoms with Crippen molar-refractivity contribution < 1.29 is 94.6 Å². The molecule has 0 bridgehead atoms. The monoisotopic (exact) mass is 513 g/mol. The summed E-state index contributed by atoms with van der Waals surface area (Å²) in [6, 6.07) is -1.10. The molecule has 0 aromatic carbocycles. The summed E-state index contributed by atoms with van der Waals surface area (Å²) in [5.74, 6) is 0. The zero-order chi connectivity index (χ0) is 10.2. The Kier molecular flexibility index (Phi) is 16.5. The molecular formula is C6H12Cl4NO5Pt. The van der Waals surface area contributed by atoms with Crippen molar-refractivity contribution in [2.45, 2.75) is 28.5 Å². The van der Waals surface area contributed by atoms with Crippen molar-refractivity contribution in [2.75, 3.05) is 6.61 Å². The second kappa shape index (κ2) is 10.4. The Bertz CT molecular complexity index is 201. The average Bonchev–Trinajstić information content (AvgIpc) is 2.08. The number of ether oxygens (including phenoxy) is 1. The van der Waals surface area contributed by atoms with E-state index in [1.54, 1.807) is 0 Å². The number of nitrogens with two attached hydrogens (primary N) is 1. The molecule has 6 nitrogen and oxygen atoms in total. The van der Waals surface area contributed by atoms with Crippen molar-refractivity contribution in [2.24, 2.45) is 5.73 Å². The molecule has 109 valence electrons. The van der Waals surface area contributed by atoms with Gasteiger partial charge in [-0.25, -0.2) is 0 Å². The normalized spacial score (nSPS) is 39.8. The van der Waals surface area contributed by atoms with E-state index in [1.807, 2.05) is 0 Å². The number of halogens is 4. The molecule has 0 unspecified atom stereocenters. The van der Waals surface area contributed by atoms with Crippen molar-refractivity contribution in [1.29, 1.82) is 0 Å². The zero-order valence-electron chi connectivity index (χ0n) is 8.12. The number of rotatable bonds is 1. The molecule has 0 spiro atoms. The Labute approximate surface area is 135 Å². The fourth-order valence-electron chi connectivity index (χ4n) is 1.13. The number of hydrogen-bond donors (Lipinski definition) is 5. The second-order valence-corrected chi connectivity index (χ2v) is 4.54. The van der Waals surface area contributed by atoms with Gasteiger partial charge in [0.1, 0.15) is 0 Å². The van der Waals surface area contributed by atoms with Gasteiger partial charge in [-0.2, -0.15) is 0 Å². The van der Waals surface area contributed by atoms with Crippen LogP contribution >= 0.6 is 0 Å². The Morgan fingerprint density at radius 2 is 1.53 bits per heavy atom. The van der Waals surface area contributed by atoms with Crippen molar-refractivity contribution >= 4 is 0 Å². The minimum Gasteiger partial charge on any atom is -1.00 e. The van der Waals surface area contributed by atoms with Crippen LogP contribution in [0.3, 0.4) is 0 Å². The van der Waals surface area contributed by atoms with E-state index in [0.29, 0.717) is 0 Å². The average molecular weight is 515 g/mol. The quantitative estimate of drug-likeness (QED) is 0.237. The summed E-state index contributed by atoms with van der Waals surface area (Å²) < 4.78 is 3.12. The molecular weight excluding hydrogens is 503 g/mol. The standard InChI is InChI=1S/C6H12NO5.4ClH.Pt/c7-3-5(10)4(9)2(1-8)12-6(3)11;;;;;/h2-5,8-11H,1,7H2;4*1H;/q;;;;;+4/p-4/t2-,3-,4-,5-;;;;;/m1...../s1. The third kappa shape index (κ3) is 6.06. The molecule has 1 saturated heterocycles. The minimum atomic E-state index is -1.76. The molecule has 5 atom stereocenters. The fourth-order valence-corrected chi connectivity index (χ4v) is 1.86. The van der Waals surface area contributed by atoms with Crippen LogP contribution in [-0.4, -0.2) is 55.6 Å². The van der Waals surface area contributed by atoms with Crippen LogP contribution in [0.2, 0.25) is 0 Å². The molecule has 0 aliphatic carbocycles. The summed E-state index contributed by atoms with van der Waals surface area (Å²) in [6.07, 6.45) is -3.61. The Balaban J connectivity index is -0.000000211. The summed E-state index contributed by atoms with van der Waals surface area (Å²) in [7, 11) is 0. The van der Waals surface area contributed by atoms with Crippen LogP contribution in [0.4, 0.5) is 0 Å². The molecule has 1 aliphatic rings. The van der Waals surface area contributed by atoms with Crippen LogP contribution in [0.25, 0.3) is 0 Å². The third-order valence-corrected chi connectivity index (χ3v) is 3.00. The third-order valence-electron chi connectivity index (χ3n) is 1.98. The van der Waals surface area contributed by atoms with E-state index in [4.69, 9.17) is 15.6 Å². The van der Waals surface area contributed by atoms with Gasteiger partial charge in [-0.05, 0) is 0 Å². The Morgan fingerprint density at radius 3 is 1.88 bits per heavy atom. The van der Waals surface area contributed by atoms with Gasteiger partial charge in [-0.1, -0.05) is 0 Å². The van der Waals surface area contributed by atoms with E-state index in [0.717, 1.165) is 0 Å². The van der Waals surface area contributed by atoms with E-state index < -0.39 is 35.1 Å².